The summed E-state index contributed by atoms with van der Waals surface area (Å²) in [4.78, 5) is 11.4. The number of hydrogen-bond donors (Lipinski definition) is 0. The normalized spacial score (nSPS) is 14.9. The van der Waals surface area contributed by atoms with E-state index in [-0.39, 0.29) is 0 Å². The summed E-state index contributed by atoms with van der Waals surface area (Å²) in [6.07, 6.45) is 11.6. The second-order valence-electron chi connectivity index (χ2n) is 6.61. The molecular weight excluding hydrogens is 322 g/mol. The van der Waals surface area contributed by atoms with Crippen molar-refractivity contribution in [3.8, 4) is 5.75 Å². The minimum absolute atomic E-state index is 0.873. The molecule has 0 N–H and O–H groups in total. The predicted octanol–water partition coefficient (Wildman–Crippen LogP) is 4.80. The van der Waals surface area contributed by atoms with Gasteiger partial charge in [0.15, 0.2) is 0 Å². The van der Waals surface area contributed by atoms with Crippen LogP contribution in [0.25, 0.3) is 23.1 Å². The molecule has 3 heterocycles. The highest BCUT2D eigenvalue weighted by atomic mass is 16.5. The van der Waals surface area contributed by atoms with E-state index in [0.29, 0.717) is 0 Å². The van der Waals surface area contributed by atoms with Gasteiger partial charge in [0.05, 0.1) is 18.3 Å². The van der Waals surface area contributed by atoms with Crippen molar-refractivity contribution in [2.24, 2.45) is 0 Å². The summed E-state index contributed by atoms with van der Waals surface area (Å²) in [5.41, 5.74) is 4.35. The summed E-state index contributed by atoms with van der Waals surface area (Å²) in [5.74, 6) is 0.873. The summed E-state index contributed by atoms with van der Waals surface area (Å²) in [5, 5.41) is 1.16. The van der Waals surface area contributed by atoms with E-state index in [4.69, 9.17) is 9.72 Å². The minimum atomic E-state index is 0.873. The quantitative estimate of drug-likeness (QED) is 0.681. The van der Waals surface area contributed by atoms with Crippen molar-refractivity contribution in [2.45, 2.75) is 19.3 Å². The van der Waals surface area contributed by atoms with Crippen LogP contribution in [0, 0.1) is 0 Å². The van der Waals surface area contributed by atoms with Crippen molar-refractivity contribution in [3.05, 3.63) is 60.0 Å². The zero-order valence-corrected chi connectivity index (χ0v) is 15.1. The molecule has 132 valence electrons. The van der Waals surface area contributed by atoms with Gasteiger partial charge in [0, 0.05) is 36.6 Å². The first-order valence-electron chi connectivity index (χ1n) is 9.15. The van der Waals surface area contributed by atoms with Crippen molar-refractivity contribution >= 4 is 28.7 Å². The van der Waals surface area contributed by atoms with Crippen LogP contribution in [-0.2, 0) is 0 Å². The van der Waals surface area contributed by atoms with E-state index in [1.165, 1.54) is 24.9 Å². The van der Waals surface area contributed by atoms with Gasteiger partial charge < -0.3 is 9.64 Å². The van der Waals surface area contributed by atoms with E-state index < -0.39 is 0 Å². The van der Waals surface area contributed by atoms with E-state index in [9.17, 15) is 0 Å². The first-order chi connectivity index (χ1) is 12.8. The molecule has 0 amide bonds. The molecule has 0 aliphatic carbocycles. The molecule has 1 aromatic carbocycles. The van der Waals surface area contributed by atoms with Gasteiger partial charge in [-0.25, -0.2) is 4.98 Å². The number of nitrogens with zero attached hydrogens (tertiary/aromatic N) is 3. The lowest BCUT2D eigenvalue weighted by atomic mass is 10.1. The number of methoxy groups -OCH3 is 1. The number of hydrogen-bond acceptors (Lipinski definition) is 4. The summed E-state index contributed by atoms with van der Waals surface area (Å²) in [6.45, 7) is 2.20. The Hall–Kier alpha value is -2.88. The molecule has 4 heteroatoms. The van der Waals surface area contributed by atoms with E-state index in [1.807, 2.05) is 24.3 Å². The number of pyridine rings is 2. The SMILES string of the molecule is COc1ccc2nc(/C=C/c3ccncc3)cc(N3CCCCC3)c2c1. The highest BCUT2D eigenvalue weighted by molar-refractivity contribution is 5.94. The fraction of sp³-hybridized carbons (Fsp3) is 0.273. The zero-order valence-electron chi connectivity index (χ0n) is 15.1. The van der Waals surface area contributed by atoms with Crippen LogP contribution < -0.4 is 9.64 Å². The van der Waals surface area contributed by atoms with Crippen LogP contribution in [0.4, 0.5) is 5.69 Å². The lowest BCUT2D eigenvalue weighted by Gasteiger charge is -2.30. The summed E-state index contributed by atoms with van der Waals surface area (Å²) < 4.78 is 5.43. The molecule has 26 heavy (non-hydrogen) atoms. The van der Waals surface area contributed by atoms with Gasteiger partial charge in [-0.05, 0) is 67.3 Å². The monoisotopic (exact) mass is 345 g/mol. The Morgan fingerprint density at radius 2 is 1.77 bits per heavy atom. The number of fused-ring (bicyclic) bond motifs is 1. The van der Waals surface area contributed by atoms with Gasteiger partial charge in [0.25, 0.3) is 0 Å². The maximum Gasteiger partial charge on any atom is 0.119 e. The lowest BCUT2D eigenvalue weighted by molar-refractivity contribution is 0.415. The van der Waals surface area contributed by atoms with E-state index >= 15 is 0 Å². The van der Waals surface area contributed by atoms with Gasteiger partial charge in [0.2, 0.25) is 0 Å². The predicted molar refractivity (Wildman–Crippen MR) is 108 cm³/mol. The number of rotatable bonds is 4. The van der Waals surface area contributed by atoms with E-state index in [0.717, 1.165) is 41.0 Å². The molecule has 1 aliphatic heterocycles. The molecule has 1 aliphatic rings. The van der Waals surface area contributed by atoms with Crippen molar-refractivity contribution in [2.75, 3.05) is 25.1 Å². The van der Waals surface area contributed by atoms with Crippen LogP contribution in [0.1, 0.15) is 30.5 Å². The number of ether oxygens (including phenoxy) is 1. The third kappa shape index (κ3) is 3.54. The molecule has 0 saturated carbocycles. The first-order valence-corrected chi connectivity index (χ1v) is 9.15. The number of piperidine rings is 1. The van der Waals surface area contributed by atoms with Crippen molar-refractivity contribution < 1.29 is 4.74 Å². The molecule has 2 aromatic heterocycles. The zero-order chi connectivity index (χ0) is 17.8. The van der Waals surface area contributed by atoms with Gasteiger partial charge in [0.1, 0.15) is 5.75 Å². The molecule has 4 rings (SSSR count). The molecule has 0 atom stereocenters. The summed E-state index contributed by atoms with van der Waals surface area (Å²) >= 11 is 0. The van der Waals surface area contributed by atoms with Crippen molar-refractivity contribution in [1.29, 1.82) is 0 Å². The Balaban J connectivity index is 1.78. The number of anilines is 1. The van der Waals surface area contributed by atoms with Crippen molar-refractivity contribution in [1.82, 2.24) is 9.97 Å². The fourth-order valence-corrected chi connectivity index (χ4v) is 3.47. The molecule has 4 nitrogen and oxygen atoms in total. The molecule has 1 fully saturated rings. The molecular formula is C22H23N3O. The third-order valence-corrected chi connectivity index (χ3v) is 4.86. The largest absolute Gasteiger partial charge is 0.497 e. The second kappa shape index (κ2) is 7.56. The van der Waals surface area contributed by atoms with Crippen LogP contribution in [0.5, 0.6) is 5.75 Å². The Kier molecular flexibility index (Phi) is 4.82. The Morgan fingerprint density at radius 3 is 2.54 bits per heavy atom. The van der Waals surface area contributed by atoms with Crippen LogP contribution in [0.15, 0.2) is 48.8 Å². The molecule has 1 saturated heterocycles. The second-order valence-corrected chi connectivity index (χ2v) is 6.61. The average Bonchev–Trinajstić information content (AvgIpc) is 2.72. The smallest absolute Gasteiger partial charge is 0.119 e. The molecule has 0 radical (unpaired) electrons. The molecule has 0 spiro atoms. The number of benzene rings is 1. The first kappa shape index (κ1) is 16.6. The van der Waals surface area contributed by atoms with E-state index in [2.05, 4.69) is 34.2 Å². The van der Waals surface area contributed by atoms with Crippen LogP contribution >= 0.6 is 0 Å². The third-order valence-electron chi connectivity index (χ3n) is 4.86. The fourth-order valence-electron chi connectivity index (χ4n) is 3.47. The Bertz CT molecular complexity index is 915. The topological polar surface area (TPSA) is 38.3 Å². The average molecular weight is 345 g/mol. The Labute approximate surface area is 154 Å². The van der Waals surface area contributed by atoms with Crippen LogP contribution in [0.2, 0.25) is 0 Å². The Morgan fingerprint density at radius 1 is 0.962 bits per heavy atom. The van der Waals surface area contributed by atoms with Crippen molar-refractivity contribution in [3.63, 3.8) is 0 Å². The van der Waals surface area contributed by atoms with Crippen LogP contribution in [0.3, 0.4) is 0 Å². The van der Waals surface area contributed by atoms with Gasteiger partial charge in [-0.3, -0.25) is 4.98 Å². The maximum absolute atomic E-state index is 5.43. The molecule has 0 bridgehead atoms. The van der Waals surface area contributed by atoms with Gasteiger partial charge in [-0.15, -0.1) is 0 Å². The highest BCUT2D eigenvalue weighted by Crippen LogP contribution is 2.32. The molecule has 3 aromatic rings. The highest BCUT2D eigenvalue weighted by Gasteiger charge is 2.15. The number of aromatic nitrogens is 2. The summed E-state index contributed by atoms with van der Waals surface area (Å²) in [7, 11) is 1.71. The maximum atomic E-state index is 5.43. The summed E-state index contributed by atoms with van der Waals surface area (Å²) in [6, 6.07) is 12.3. The van der Waals surface area contributed by atoms with Gasteiger partial charge >= 0.3 is 0 Å². The minimum Gasteiger partial charge on any atom is -0.497 e. The lowest BCUT2D eigenvalue weighted by Crippen LogP contribution is -2.29. The van der Waals surface area contributed by atoms with Crippen LogP contribution in [-0.4, -0.2) is 30.2 Å². The molecule has 0 unspecified atom stereocenters. The standard InChI is InChI=1S/C22H23N3O/c1-26-19-7-8-21-20(16-19)22(25-13-3-2-4-14-25)15-18(24-21)6-5-17-9-11-23-12-10-17/h5-12,15-16H,2-4,13-14H2,1H3/b6-5+. The van der Waals surface area contributed by atoms with Gasteiger partial charge in [-0.1, -0.05) is 6.08 Å². The van der Waals surface area contributed by atoms with E-state index in [1.54, 1.807) is 19.5 Å². The van der Waals surface area contributed by atoms with Gasteiger partial charge in [-0.2, -0.15) is 0 Å².